The molecule has 0 aromatic heterocycles. The Bertz CT molecular complexity index is 586. The Hall–Kier alpha value is -1.95. The van der Waals surface area contributed by atoms with Gasteiger partial charge in [-0.25, -0.2) is 4.39 Å². The van der Waals surface area contributed by atoms with Gasteiger partial charge in [-0.05, 0) is 19.1 Å². The Morgan fingerprint density at radius 2 is 2.19 bits per heavy atom. The fourth-order valence-corrected chi connectivity index (χ4v) is 2.55. The van der Waals surface area contributed by atoms with Gasteiger partial charge in [-0.2, -0.15) is 0 Å². The zero-order valence-corrected chi connectivity index (χ0v) is 12.1. The predicted molar refractivity (Wildman–Crippen MR) is 74.1 cm³/mol. The summed E-state index contributed by atoms with van der Waals surface area (Å²) in [6, 6.07) is 3.33. The maximum Gasteiger partial charge on any atom is 0.249 e. The fraction of sp³-hybridized carbons (Fsp3) is 0.357. The first-order valence-corrected chi connectivity index (χ1v) is 6.88. The first-order valence-electron chi connectivity index (χ1n) is 6.50. The van der Waals surface area contributed by atoms with Gasteiger partial charge in [0, 0.05) is 17.1 Å². The summed E-state index contributed by atoms with van der Waals surface area (Å²) >= 11 is 5.89. The molecule has 1 heterocycles. The molecule has 1 saturated heterocycles. The smallest absolute Gasteiger partial charge is 0.249 e. The third kappa shape index (κ3) is 3.21. The Morgan fingerprint density at radius 1 is 1.48 bits per heavy atom. The summed E-state index contributed by atoms with van der Waals surface area (Å²) in [5.41, 5.74) is 0.0901. The van der Waals surface area contributed by atoms with Crippen LogP contribution < -0.4 is 5.32 Å². The van der Waals surface area contributed by atoms with Crippen LogP contribution in [0.1, 0.15) is 18.9 Å². The second-order valence-electron chi connectivity index (χ2n) is 4.69. The van der Waals surface area contributed by atoms with Gasteiger partial charge in [-0.1, -0.05) is 17.7 Å². The van der Waals surface area contributed by atoms with Crippen molar-refractivity contribution in [2.45, 2.75) is 25.8 Å². The average Bonchev–Trinajstić information content (AvgIpc) is 2.74. The van der Waals surface area contributed by atoms with E-state index >= 15 is 0 Å². The van der Waals surface area contributed by atoms with Gasteiger partial charge in [0.25, 0.3) is 0 Å². The summed E-state index contributed by atoms with van der Waals surface area (Å²) in [5, 5.41) is 2.31. The molecule has 1 aliphatic heterocycles. The highest BCUT2D eigenvalue weighted by molar-refractivity contribution is 6.31. The number of imide groups is 1. The molecular formula is C14H14ClFN2O3. The highest BCUT2D eigenvalue weighted by atomic mass is 35.5. The maximum atomic E-state index is 13.7. The highest BCUT2D eigenvalue weighted by Crippen LogP contribution is 2.21. The van der Waals surface area contributed by atoms with Crippen molar-refractivity contribution in [2.24, 2.45) is 0 Å². The van der Waals surface area contributed by atoms with Crippen LogP contribution in [-0.2, 0) is 20.8 Å². The van der Waals surface area contributed by atoms with E-state index in [0.717, 1.165) is 0 Å². The molecule has 0 aliphatic carbocycles. The Labute approximate surface area is 126 Å². The number of hydrogen-bond acceptors (Lipinski definition) is 3. The quantitative estimate of drug-likeness (QED) is 0.852. The highest BCUT2D eigenvalue weighted by Gasteiger charge is 2.37. The molecule has 1 aromatic carbocycles. The van der Waals surface area contributed by atoms with Crippen LogP contribution in [0, 0.1) is 5.82 Å². The molecule has 1 aromatic rings. The molecule has 1 fully saturated rings. The van der Waals surface area contributed by atoms with Crippen LogP contribution >= 0.6 is 11.6 Å². The van der Waals surface area contributed by atoms with Gasteiger partial charge in [0.15, 0.2) is 0 Å². The molecule has 1 atom stereocenters. The van der Waals surface area contributed by atoms with Crippen molar-refractivity contribution in [3.63, 3.8) is 0 Å². The second kappa shape index (κ2) is 6.22. The van der Waals surface area contributed by atoms with Gasteiger partial charge in [-0.15, -0.1) is 0 Å². The first-order chi connectivity index (χ1) is 9.93. The van der Waals surface area contributed by atoms with E-state index in [2.05, 4.69) is 5.32 Å². The number of rotatable bonds is 4. The van der Waals surface area contributed by atoms with E-state index in [1.54, 1.807) is 6.92 Å². The minimum atomic E-state index is -0.833. The molecule has 1 N–H and O–H groups in total. The lowest BCUT2D eigenvalue weighted by Gasteiger charge is -2.25. The number of hydrogen-bond donors (Lipinski definition) is 1. The van der Waals surface area contributed by atoms with Crippen LogP contribution in [0.15, 0.2) is 18.2 Å². The molecular weight excluding hydrogens is 299 g/mol. The molecule has 1 unspecified atom stereocenters. The number of nitrogens with zero attached hydrogens (tertiary/aromatic N) is 1. The van der Waals surface area contributed by atoms with Gasteiger partial charge in [-0.3, -0.25) is 19.7 Å². The predicted octanol–water partition coefficient (Wildman–Crippen LogP) is 1.29. The molecule has 0 bridgehead atoms. The van der Waals surface area contributed by atoms with Crippen LogP contribution in [0.2, 0.25) is 5.02 Å². The summed E-state index contributed by atoms with van der Waals surface area (Å²) < 4.78 is 13.7. The van der Waals surface area contributed by atoms with Crippen molar-refractivity contribution >= 4 is 29.3 Å². The third-order valence-corrected chi connectivity index (χ3v) is 3.73. The van der Waals surface area contributed by atoms with Crippen molar-refractivity contribution in [3.8, 4) is 0 Å². The van der Waals surface area contributed by atoms with Crippen LogP contribution in [-0.4, -0.2) is 35.2 Å². The van der Waals surface area contributed by atoms with Gasteiger partial charge in [0.1, 0.15) is 11.9 Å². The molecule has 112 valence electrons. The van der Waals surface area contributed by atoms with Gasteiger partial charge < -0.3 is 4.90 Å². The molecule has 3 amide bonds. The summed E-state index contributed by atoms with van der Waals surface area (Å²) in [6.45, 7) is 1.94. The number of nitrogens with one attached hydrogen (secondary N) is 1. The van der Waals surface area contributed by atoms with E-state index in [1.807, 2.05) is 0 Å². The number of carbonyl (C=O) groups excluding carboxylic acids is 3. The van der Waals surface area contributed by atoms with E-state index in [9.17, 15) is 18.8 Å². The minimum Gasteiger partial charge on any atom is -0.330 e. The Kier molecular flexibility index (Phi) is 4.57. The minimum absolute atomic E-state index is 0.0661. The first kappa shape index (κ1) is 15.4. The zero-order valence-electron chi connectivity index (χ0n) is 11.4. The molecule has 0 radical (unpaired) electrons. The van der Waals surface area contributed by atoms with Crippen LogP contribution in [0.3, 0.4) is 0 Å². The lowest BCUT2D eigenvalue weighted by atomic mass is 10.1. The maximum absolute atomic E-state index is 13.7. The van der Waals surface area contributed by atoms with Crippen molar-refractivity contribution < 1.29 is 18.8 Å². The zero-order chi connectivity index (χ0) is 15.6. The van der Waals surface area contributed by atoms with Gasteiger partial charge in [0.2, 0.25) is 17.7 Å². The molecule has 0 spiro atoms. The van der Waals surface area contributed by atoms with Crippen molar-refractivity contribution in [3.05, 3.63) is 34.6 Å². The number of likely N-dealkylation sites (N-methyl/N-ethyl adjacent to an activating group) is 1. The molecule has 2 rings (SSSR count). The van der Waals surface area contributed by atoms with E-state index in [4.69, 9.17) is 11.6 Å². The molecule has 21 heavy (non-hydrogen) atoms. The van der Waals surface area contributed by atoms with E-state index in [-0.39, 0.29) is 30.0 Å². The van der Waals surface area contributed by atoms with Gasteiger partial charge in [0.05, 0.1) is 12.8 Å². The number of amides is 3. The van der Waals surface area contributed by atoms with Crippen molar-refractivity contribution in [2.75, 3.05) is 6.54 Å². The fourth-order valence-electron chi connectivity index (χ4n) is 2.32. The topological polar surface area (TPSA) is 66.5 Å². The summed E-state index contributed by atoms with van der Waals surface area (Å²) in [4.78, 5) is 36.4. The third-order valence-electron chi connectivity index (χ3n) is 3.37. The van der Waals surface area contributed by atoms with Gasteiger partial charge >= 0.3 is 0 Å². The summed E-state index contributed by atoms with van der Waals surface area (Å²) in [7, 11) is 0. The van der Waals surface area contributed by atoms with Crippen molar-refractivity contribution in [1.29, 1.82) is 0 Å². The molecule has 1 aliphatic rings. The molecule has 0 saturated carbocycles. The standard InChI is InChI=1S/C14H14ClFN2O3/c1-2-18(11-7-12(19)17-14(11)21)13(20)6-8-9(15)4-3-5-10(8)16/h3-5,11H,2,6-7H2,1H3,(H,17,19,21). The average molecular weight is 313 g/mol. The second-order valence-corrected chi connectivity index (χ2v) is 5.10. The SMILES string of the molecule is CCN(C(=O)Cc1c(F)cccc1Cl)C1CC(=O)NC1=O. The van der Waals surface area contributed by atoms with E-state index < -0.39 is 29.6 Å². The van der Waals surface area contributed by atoms with Crippen LogP contribution in [0.4, 0.5) is 4.39 Å². The number of halogens is 2. The lowest BCUT2D eigenvalue weighted by molar-refractivity contribution is -0.138. The summed E-state index contributed by atoms with van der Waals surface area (Å²) in [5.74, 6) is -1.94. The van der Waals surface area contributed by atoms with Crippen LogP contribution in [0.25, 0.3) is 0 Å². The molecule has 5 nitrogen and oxygen atoms in total. The van der Waals surface area contributed by atoms with Crippen LogP contribution in [0.5, 0.6) is 0 Å². The van der Waals surface area contributed by atoms with E-state index in [0.29, 0.717) is 0 Å². The summed E-state index contributed by atoms with van der Waals surface area (Å²) in [6.07, 6.45) is -0.319. The lowest BCUT2D eigenvalue weighted by Crippen LogP contribution is -2.45. The Morgan fingerprint density at radius 3 is 2.71 bits per heavy atom. The normalized spacial score (nSPS) is 17.8. The number of carbonyl (C=O) groups is 3. The monoisotopic (exact) mass is 312 g/mol. The van der Waals surface area contributed by atoms with Crippen molar-refractivity contribution in [1.82, 2.24) is 10.2 Å². The van der Waals surface area contributed by atoms with E-state index in [1.165, 1.54) is 23.1 Å². The largest absolute Gasteiger partial charge is 0.330 e. The Balaban J connectivity index is 2.18. The number of benzene rings is 1. The molecule has 7 heteroatoms.